The number of hydrogen-bond acceptors (Lipinski definition) is 3. The Morgan fingerprint density at radius 1 is 1.08 bits per heavy atom. The Labute approximate surface area is 167 Å². The molecular weight excluding hydrogens is 464 g/mol. The zero-order valence-corrected chi connectivity index (χ0v) is 17.3. The number of nitrogens with zero attached hydrogens (tertiary/aromatic N) is 1. The number of thiazole rings is 1. The zero-order valence-electron chi connectivity index (χ0n) is 13.3. The molecule has 0 aliphatic rings. The smallest absolute Gasteiger partial charge is 0.240 e. The van der Waals surface area contributed by atoms with E-state index in [4.69, 9.17) is 0 Å². The number of anilines is 1. The molecule has 0 radical (unpaired) electrons. The molecule has 128 valence electrons. The van der Waals surface area contributed by atoms with Crippen molar-refractivity contribution in [3.8, 4) is 0 Å². The van der Waals surface area contributed by atoms with Crippen molar-refractivity contribution in [1.82, 2.24) is 4.98 Å². The fraction of sp³-hybridized carbons (Fsp3) is 0.158. The molecule has 6 heteroatoms. The highest BCUT2D eigenvalue weighted by molar-refractivity contribution is 9.10. The molecule has 1 atom stereocenters. The lowest BCUT2D eigenvalue weighted by Crippen LogP contribution is -2.24. The third kappa shape index (κ3) is 5.49. The summed E-state index contributed by atoms with van der Waals surface area (Å²) in [4.78, 5) is 17.5. The summed E-state index contributed by atoms with van der Waals surface area (Å²) < 4.78 is 1.07. The van der Waals surface area contributed by atoms with Crippen molar-refractivity contribution in [2.45, 2.75) is 17.7 Å². The van der Waals surface area contributed by atoms with Gasteiger partial charge >= 0.3 is 0 Å². The average molecular weight is 480 g/mol. The van der Waals surface area contributed by atoms with E-state index in [9.17, 15) is 4.79 Å². The van der Waals surface area contributed by atoms with Crippen LogP contribution in [0.2, 0.25) is 0 Å². The predicted molar refractivity (Wildman–Crippen MR) is 111 cm³/mol. The van der Waals surface area contributed by atoms with Gasteiger partial charge < -0.3 is 5.32 Å². The van der Waals surface area contributed by atoms with Crippen LogP contribution in [-0.4, -0.2) is 15.7 Å². The van der Waals surface area contributed by atoms with Gasteiger partial charge in [0.25, 0.3) is 0 Å². The summed E-state index contributed by atoms with van der Waals surface area (Å²) in [6, 6.07) is 18.2. The highest BCUT2D eigenvalue weighted by Crippen LogP contribution is 2.23. The Balaban J connectivity index is 1.57. The average Bonchev–Trinajstić information content (AvgIpc) is 3.04. The SMILES string of the molecule is O=C(Nc1ncc(Cc2ccc(Br)cc2)s1)[C@@H](Br)Cc1ccccc1. The predicted octanol–water partition coefficient (Wildman–Crippen LogP) is 5.44. The Kier molecular flexibility index (Phi) is 6.39. The summed E-state index contributed by atoms with van der Waals surface area (Å²) in [6.07, 6.45) is 3.27. The van der Waals surface area contributed by atoms with E-state index < -0.39 is 0 Å². The Bertz CT molecular complexity index is 834. The molecule has 1 heterocycles. The first-order valence-corrected chi connectivity index (χ1v) is 10.3. The molecule has 0 fully saturated rings. The number of carbonyl (C=O) groups excluding carboxylic acids is 1. The summed E-state index contributed by atoms with van der Waals surface area (Å²) in [5.41, 5.74) is 2.33. The lowest BCUT2D eigenvalue weighted by Gasteiger charge is -2.09. The van der Waals surface area contributed by atoms with E-state index in [0.29, 0.717) is 11.6 Å². The van der Waals surface area contributed by atoms with Gasteiger partial charge in [-0.25, -0.2) is 4.98 Å². The molecule has 2 aromatic carbocycles. The quantitative estimate of drug-likeness (QED) is 0.478. The third-order valence-electron chi connectivity index (χ3n) is 3.62. The number of aromatic nitrogens is 1. The van der Waals surface area contributed by atoms with Crippen LogP contribution in [-0.2, 0) is 17.6 Å². The van der Waals surface area contributed by atoms with Gasteiger partial charge in [0.05, 0.1) is 4.83 Å². The van der Waals surface area contributed by atoms with Crippen LogP contribution in [0.4, 0.5) is 5.13 Å². The second kappa shape index (κ2) is 8.74. The van der Waals surface area contributed by atoms with Crippen molar-refractivity contribution >= 4 is 54.2 Å². The molecular formula is C19H16Br2N2OS. The van der Waals surface area contributed by atoms with E-state index in [1.165, 1.54) is 16.9 Å². The molecule has 25 heavy (non-hydrogen) atoms. The highest BCUT2D eigenvalue weighted by Gasteiger charge is 2.17. The minimum Gasteiger partial charge on any atom is -0.301 e. The molecule has 3 nitrogen and oxygen atoms in total. The van der Waals surface area contributed by atoms with Crippen molar-refractivity contribution in [3.05, 3.63) is 81.3 Å². The molecule has 1 N–H and O–H groups in total. The second-order valence-electron chi connectivity index (χ2n) is 5.58. The van der Waals surface area contributed by atoms with Gasteiger partial charge in [0, 0.05) is 22.0 Å². The van der Waals surface area contributed by atoms with Crippen LogP contribution in [0.15, 0.2) is 65.3 Å². The molecule has 3 rings (SSSR count). The van der Waals surface area contributed by atoms with Gasteiger partial charge in [0.15, 0.2) is 5.13 Å². The Morgan fingerprint density at radius 2 is 1.80 bits per heavy atom. The van der Waals surface area contributed by atoms with Gasteiger partial charge in [-0.3, -0.25) is 4.79 Å². The minimum absolute atomic E-state index is 0.0756. The van der Waals surface area contributed by atoms with Gasteiger partial charge in [-0.1, -0.05) is 74.3 Å². The monoisotopic (exact) mass is 478 g/mol. The number of carbonyl (C=O) groups is 1. The Hall–Kier alpha value is -1.50. The minimum atomic E-state index is -0.284. The molecule has 1 amide bonds. The van der Waals surface area contributed by atoms with Crippen LogP contribution < -0.4 is 5.32 Å². The number of alkyl halides is 1. The summed E-state index contributed by atoms with van der Waals surface area (Å²) in [5.74, 6) is -0.0756. The molecule has 3 aromatic rings. The van der Waals surface area contributed by atoms with Crippen LogP contribution in [0, 0.1) is 0 Å². The van der Waals surface area contributed by atoms with Crippen molar-refractivity contribution in [2.75, 3.05) is 5.32 Å². The van der Waals surface area contributed by atoms with E-state index in [1.807, 2.05) is 48.7 Å². The van der Waals surface area contributed by atoms with Crippen molar-refractivity contribution in [2.24, 2.45) is 0 Å². The third-order valence-corrected chi connectivity index (χ3v) is 5.80. The molecule has 0 unspecified atom stereocenters. The van der Waals surface area contributed by atoms with Gasteiger partial charge in [-0.2, -0.15) is 0 Å². The number of hydrogen-bond donors (Lipinski definition) is 1. The normalized spacial score (nSPS) is 11.9. The molecule has 0 saturated carbocycles. The lowest BCUT2D eigenvalue weighted by molar-refractivity contribution is -0.115. The van der Waals surface area contributed by atoms with Crippen LogP contribution in [0.1, 0.15) is 16.0 Å². The summed E-state index contributed by atoms with van der Waals surface area (Å²) in [7, 11) is 0. The molecule has 0 aliphatic carbocycles. The molecule has 0 saturated heterocycles. The Morgan fingerprint density at radius 3 is 2.52 bits per heavy atom. The second-order valence-corrected chi connectivity index (χ2v) is 8.72. The van der Waals surface area contributed by atoms with Gasteiger partial charge in [-0.15, -0.1) is 11.3 Å². The zero-order chi connectivity index (χ0) is 17.6. The maximum Gasteiger partial charge on any atom is 0.240 e. The highest BCUT2D eigenvalue weighted by atomic mass is 79.9. The van der Waals surface area contributed by atoms with Crippen LogP contribution in [0.25, 0.3) is 0 Å². The maximum absolute atomic E-state index is 12.3. The van der Waals surface area contributed by atoms with E-state index >= 15 is 0 Å². The fourth-order valence-electron chi connectivity index (χ4n) is 2.35. The lowest BCUT2D eigenvalue weighted by atomic mass is 10.1. The van der Waals surface area contributed by atoms with Crippen molar-refractivity contribution in [3.63, 3.8) is 0 Å². The van der Waals surface area contributed by atoms with E-state index in [0.717, 1.165) is 21.3 Å². The molecule has 0 spiro atoms. The molecule has 0 bridgehead atoms. The fourth-order valence-corrected chi connectivity index (χ4v) is 3.95. The number of nitrogens with one attached hydrogen (secondary N) is 1. The number of amides is 1. The van der Waals surface area contributed by atoms with Crippen molar-refractivity contribution in [1.29, 1.82) is 0 Å². The number of halogens is 2. The first kappa shape index (κ1) is 18.3. The first-order chi connectivity index (χ1) is 12.1. The topological polar surface area (TPSA) is 42.0 Å². The maximum atomic E-state index is 12.3. The van der Waals surface area contributed by atoms with Crippen LogP contribution in [0.3, 0.4) is 0 Å². The first-order valence-electron chi connectivity index (χ1n) is 7.78. The standard InChI is InChI=1S/C19H16Br2N2OS/c20-15-8-6-14(7-9-15)10-16-12-22-19(25-16)23-18(24)17(21)11-13-4-2-1-3-5-13/h1-9,12,17H,10-11H2,(H,22,23,24)/t17-/m0/s1. The van der Waals surface area contributed by atoms with Crippen molar-refractivity contribution < 1.29 is 4.79 Å². The van der Waals surface area contributed by atoms with E-state index in [-0.39, 0.29) is 10.7 Å². The number of rotatable bonds is 6. The summed E-state index contributed by atoms with van der Waals surface area (Å²) in [6.45, 7) is 0. The largest absolute Gasteiger partial charge is 0.301 e. The molecule has 0 aliphatic heterocycles. The summed E-state index contributed by atoms with van der Waals surface area (Å²) in [5, 5.41) is 3.53. The van der Waals surface area contributed by atoms with Crippen LogP contribution >= 0.6 is 43.2 Å². The van der Waals surface area contributed by atoms with E-state index in [2.05, 4.69) is 54.3 Å². The van der Waals surface area contributed by atoms with Gasteiger partial charge in [-0.05, 0) is 29.7 Å². The molecule has 1 aromatic heterocycles. The summed E-state index contributed by atoms with van der Waals surface area (Å²) >= 11 is 8.41. The van der Waals surface area contributed by atoms with E-state index in [1.54, 1.807) is 0 Å². The van der Waals surface area contributed by atoms with Gasteiger partial charge in [0.1, 0.15) is 0 Å². The number of benzene rings is 2. The van der Waals surface area contributed by atoms with Crippen LogP contribution in [0.5, 0.6) is 0 Å². The van der Waals surface area contributed by atoms with Gasteiger partial charge in [0.2, 0.25) is 5.91 Å².